The van der Waals surface area contributed by atoms with Crippen molar-refractivity contribution < 1.29 is 34.1 Å². The number of rotatable bonds is 5. The molecule has 29 heavy (non-hydrogen) atoms. The lowest BCUT2D eigenvalue weighted by Gasteiger charge is -2.23. The minimum atomic E-state index is -1.30. The molecule has 2 aromatic carbocycles. The van der Waals surface area contributed by atoms with Gasteiger partial charge in [0.25, 0.3) is 5.91 Å². The summed E-state index contributed by atoms with van der Waals surface area (Å²) in [5.41, 5.74) is -0.507. The van der Waals surface area contributed by atoms with E-state index >= 15 is 0 Å². The number of carbonyl (C=O) groups is 4. The van der Waals surface area contributed by atoms with Gasteiger partial charge in [-0.1, -0.05) is 41.9 Å². The SMILES string of the molecule is CC1OC(=O)c2c(O)c(C(=O)N[C@H](Cc3ccccc3)C(=O)O)cc(Cl)c2C1=O. The molecule has 1 aliphatic heterocycles. The van der Waals surface area contributed by atoms with Gasteiger partial charge in [-0.05, 0) is 18.6 Å². The van der Waals surface area contributed by atoms with Crippen LogP contribution in [-0.4, -0.2) is 46.0 Å². The van der Waals surface area contributed by atoms with E-state index in [4.69, 9.17) is 16.3 Å². The zero-order valence-corrected chi connectivity index (χ0v) is 15.9. The highest BCUT2D eigenvalue weighted by Gasteiger charge is 2.38. The summed E-state index contributed by atoms with van der Waals surface area (Å²) in [6.45, 7) is 1.36. The number of phenols is 1. The molecule has 1 unspecified atom stereocenters. The van der Waals surface area contributed by atoms with Crippen LogP contribution < -0.4 is 5.32 Å². The largest absolute Gasteiger partial charge is 0.506 e. The highest BCUT2D eigenvalue weighted by molar-refractivity contribution is 6.36. The van der Waals surface area contributed by atoms with Gasteiger partial charge in [0.1, 0.15) is 17.4 Å². The van der Waals surface area contributed by atoms with Gasteiger partial charge in [-0.15, -0.1) is 0 Å². The average molecular weight is 418 g/mol. The Morgan fingerprint density at radius 1 is 1.21 bits per heavy atom. The summed E-state index contributed by atoms with van der Waals surface area (Å²) in [6.07, 6.45) is -1.08. The van der Waals surface area contributed by atoms with E-state index in [1.165, 1.54) is 6.92 Å². The van der Waals surface area contributed by atoms with E-state index in [9.17, 15) is 29.4 Å². The summed E-state index contributed by atoms with van der Waals surface area (Å²) < 4.78 is 4.86. The van der Waals surface area contributed by atoms with Gasteiger partial charge in [-0.25, -0.2) is 9.59 Å². The maximum atomic E-state index is 12.6. The molecule has 150 valence electrons. The Balaban J connectivity index is 1.94. The highest BCUT2D eigenvalue weighted by Crippen LogP contribution is 2.36. The van der Waals surface area contributed by atoms with E-state index in [2.05, 4.69) is 5.32 Å². The Morgan fingerprint density at radius 3 is 2.48 bits per heavy atom. The lowest BCUT2D eigenvalue weighted by atomic mass is 9.94. The van der Waals surface area contributed by atoms with E-state index < -0.39 is 52.7 Å². The third-order valence-corrected chi connectivity index (χ3v) is 4.78. The molecule has 0 fully saturated rings. The molecular formula is C20H16ClNO7. The lowest BCUT2D eigenvalue weighted by Crippen LogP contribution is -2.42. The van der Waals surface area contributed by atoms with Crippen molar-refractivity contribution in [3.8, 4) is 5.75 Å². The van der Waals surface area contributed by atoms with E-state index in [-0.39, 0.29) is 17.0 Å². The number of carboxylic acids is 1. The van der Waals surface area contributed by atoms with Crippen molar-refractivity contribution >= 4 is 35.2 Å². The molecule has 0 saturated heterocycles. The number of carboxylic acid groups (broad SMARTS) is 1. The fraction of sp³-hybridized carbons (Fsp3) is 0.200. The van der Waals surface area contributed by atoms with Crippen molar-refractivity contribution in [3.05, 3.63) is 63.7 Å². The Bertz CT molecular complexity index is 1020. The minimum Gasteiger partial charge on any atom is -0.506 e. The molecule has 1 amide bonds. The summed E-state index contributed by atoms with van der Waals surface area (Å²) in [4.78, 5) is 48.6. The number of benzene rings is 2. The van der Waals surface area contributed by atoms with Gasteiger partial charge in [-0.3, -0.25) is 9.59 Å². The van der Waals surface area contributed by atoms with E-state index in [0.29, 0.717) is 5.56 Å². The molecular weight excluding hydrogens is 402 g/mol. The number of aliphatic carboxylic acids is 1. The second-order valence-corrected chi connectivity index (χ2v) is 6.88. The number of nitrogens with one attached hydrogen (secondary N) is 1. The molecule has 3 N–H and O–H groups in total. The minimum absolute atomic E-state index is 0.000605. The molecule has 2 aromatic rings. The molecule has 0 aromatic heterocycles. The Morgan fingerprint density at radius 2 is 1.86 bits per heavy atom. The van der Waals surface area contributed by atoms with Crippen LogP contribution in [0.3, 0.4) is 0 Å². The maximum absolute atomic E-state index is 12.6. The summed E-state index contributed by atoms with van der Waals surface area (Å²) in [5.74, 6) is -4.65. The first-order valence-corrected chi connectivity index (χ1v) is 8.96. The Hall–Kier alpha value is -3.39. The monoisotopic (exact) mass is 417 g/mol. The zero-order chi connectivity index (χ0) is 21.3. The average Bonchev–Trinajstić information content (AvgIpc) is 2.67. The second-order valence-electron chi connectivity index (χ2n) is 6.47. The smallest absolute Gasteiger partial charge is 0.343 e. The molecule has 0 bridgehead atoms. The third-order valence-electron chi connectivity index (χ3n) is 4.49. The summed E-state index contributed by atoms with van der Waals surface area (Å²) in [6, 6.07) is 8.37. The van der Waals surface area contributed by atoms with Crippen LogP contribution in [-0.2, 0) is 16.0 Å². The third kappa shape index (κ3) is 3.93. The molecule has 9 heteroatoms. The van der Waals surface area contributed by atoms with Crippen LogP contribution in [0.2, 0.25) is 5.02 Å². The molecule has 0 radical (unpaired) electrons. The van der Waals surface area contributed by atoms with Crippen LogP contribution in [0.15, 0.2) is 36.4 Å². The van der Waals surface area contributed by atoms with Crippen LogP contribution in [0, 0.1) is 0 Å². The number of hydrogen-bond donors (Lipinski definition) is 3. The number of hydrogen-bond acceptors (Lipinski definition) is 6. The van der Waals surface area contributed by atoms with Crippen molar-refractivity contribution in [2.75, 3.05) is 0 Å². The zero-order valence-electron chi connectivity index (χ0n) is 15.1. The predicted octanol–water partition coefficient (Wildman–Crippen LogP) is 2.21. The van der Waals surface area contributed by atoms with Crippen LogP contribution in [0.5, 0.6) is 5.75 Å². The van der Waals surface area contributed by atoms with Crippen molar-refractivity contribution in [1.82, 2.24) is 5.32 Å². The number of esters is 1. The second kappa shape index (κ2) is 7.92. The van der Waals surface area contributed by atoms with E-state index in [1.807, 2.05) is 0 Å². The lowest BCUT2D eigenvalue weighted by molar-refractivity contribution is -0.139. The summed E-state index contributed by atoms with van der Waals surface area (Å²) in [5, 5.41) is 21.9. The predicted molar refractivity (Wildman–Crippen MR) is 101 cm³/mol. The number of ether oxygens (including phenoxy) is 1. The number of ketones is 1. The van der Waals surface area contributed by atoms with Crippen LogP contribution >= 0.6 is 11.6 Å². The quantitative estimate of drug-likeness (QED) is 0.636. The van der Waals surface area contributed by atoms with E-state index in [0.717, 1.165) is 6.07 Å². The van der Waals surface area contributed by atoms with Gasteiger partial charge < -0.3 is 20.3 Å². The number of halogens is 1. The van der Waals surface area contributed by atoms with Crippen molar-refractivity contribution in [2.45, 2.75) is 25.5 Å². The summed E-state index contributed by atoms with van der Waals surface area (Å²) >= 11 is 6.08. The van der Waals surface area contributed by atoms with Gasteiger partial charge in [0.15, 0.2) is 6.10 Å². The Labute approximate surface area is 170 Å². The molecule has 3 rings (SSSR count). The highest BCUT2D eigenvalue weighted by atomic mass is 35.5. The number of amides is 1. The fourth-order valence-corrected chi connectivity index (χ4v) is 3.31. The van der Waals surface area contributed by atoms with Gasteiger partial charge in [0, 0.05) is 6.42 Å². The Kier molecular flexibility index (Phi) is 5.56. The molecule has 0 aliphatic carbocycles. The van der Waals surface area contributed by atoms with Gasteiger partial charge >= 0.3 is 11.9 Å². The van der Waals surface area contributed by atoms with Crippen molar-refractivity contribution in [2.24, 2.45) is 0 Å². The number of phenolic OH excluding ortho intramolecular Hbond substituents is 1. The number of cyclic esters (lactones) is 1. The first-order valence-electron chi connectivity index (χ1n) is 8.59. The molecule has 1 aliphatic rings. The fourth-order valence-electron chi connectivity index (χ4n) is 3.01. The van der Waals surface area contributed by atoms with E-state index in [1.54, 1.807) is 30.3 Å². The van der Waals surface area contributed by atoms with Gasteiger partial charge in [0.05, 0.1) is 16.1 Å². The summed E-state index contributed by atoms with van der Waals surface area (Å²) in [7, 11) is 0. The molecule has 2 atom stereocenters. The molecule has 8 nitrogen and oxygen atoms in total. The molecule has 0 spiro atoms. The standard InChI is InChI=1S/C20H16ClNO7/c1-9-16(23)14-12(21)8-11(17(24)15(14)20(28)29-9)18(25)22-13(19(26)27)7-10-5-3-2-4-6-10/h2-6,8-9,13,24H,7H2,1H3,(H,22,25)(H,26,27)/t9?,13-/m1/s1. The molecule has 0 saturated carbocycles. The number of fused-ring (bicyclic) bond motifs is 1. The van der Waals surface area contributed by atoms with Crippen LogP contribution in [0.25, 0.3) is 0 Å². The number of aromatic hydroxyl groups is 1. The normalized spacial score (nSPS) is 16.6. The van der Waals surface area contributed by atoms with Crippen LogP contribution in [0.1, 0.15) is 43.6 Å². The molecule has 1 heterocycles. The van der Waals surface area contributed by atoms with Gasteiger partial charge in [-0.2, -0.15) is 0 Å². The topological polar surface area (TPSA) is 130 Å². The van der Waals surface area contributed by atoms with Crippen molar-refractivity contribution in [3.63, 3.8) is 0 Å². The number of carbonyl (C=O) groups excluding carboxylic acids is 3. The van der Waals surface area contributed by atoms with Gasteiger partial charge in [0.2, 0.25) is 5.78 Å². The van der Waals surface area contributed by atoms with Crippen LogP contribution in [0.4, 0.5) is 0 Å². The number of Topliss-reactive ketones (excluding diaryl/α,β-unsaturated/α-hetero) is 1. The first kappa shape index (κ1) is 20.3. The van der Waals surface area contributed by atoms with Crippen molar-refractivity contribution in [1.29, 1.82) is 0 Å². The first-order chi connectivity index (χ1) is 13.7. The maximum Gasteiger partial charge on any atom is 0.343 e.